The van der Waals surface area contributed by atoms with Crippen LogP contribution in [0.3, 0.4) is 0 Å². The van der Waals surface area contributed by atoms with E-state index in [9.17, 15) is 8.42 Å². The summed E-state index contributed by atoms with van der Waals surface area (Å²) in [7, 11) is -2.71. The van der Waals surface area contributed by atoms with Crippen LogP contribution in [0.1, 0.15) is 19.3 Å². The highest BCUT2D eigenvalue weighted by Crippen LogP contribution is 2.13. The highest BCUT2D eigenvalue weighted by atomic mass is 32.2. The van der Waals surface area contributed by atoms with Crippen molar-refractivity contribution in [3.05, 3.63) is 5.75 Å². The molecule has 1 aliphatic rings. The maximum atomic E-state index is 10.6. The highest BCUT2D eigenvalue weighted by molar-refractivity contribution is 7.93. The fourth-order valence-corrected chi connectivity index (χ4v) is 2.09. The number of rotatable bonds is 0. The average molecular weight is 133 g/mol. The Balaban J connectivity index is 2.58. The topological polar surface area (TPSA) is 34.1 Å². The number of hydrogen-bond donors (Lipinski definition) is 0. The molecule has 47 valence electrons. The van der Waals surface area contributed by atoms with Crippen molar-refractivity contribution in [3.8, 4) is 0 Å². The Labute approximate surface area is 49.8 Å². The minimum Gasteiger partial charge on any atom is -0.229 e. The zero-order valence-electron chi connectivity index (χ0n) is 4.63. The summed E-state index contributed by atoms with van der Waals surface area (Å²) in [6.45, 7) is 0. The lowest BCUT2D eigenvalue weighted by Gasteiger charge is -2.07. The third-order valence-corrected chi connectivity index (χ3v) is 2.86. The van der Waals surface area contributed by atoms with Crippen molar-refractivity contribution in [2.45, 2.75) is 19.3 Å². The van der Waals surface area contributed by atoms with Crippen molar-refractivity contribution in [1.29, 1.82) is 0 Å². The number of sulfone groups is 1. The van der Waals surface area contributed by atoms with Crippen LogP contribution in [0.25, 0.3) is 0 Å². The van der Waals surface area contributed by atoms with Crippen LogP contribution in [-0.2, 0) is 9.84 Å². The van der Waals surface area contributed by atoms with Crippen molar-refractivity contribution < 1.29 is 8.42 Å². The molecule has 1 fully saturated rings. The molecule has 0 aromatic heterocycles. The summed E-state index contributed by atoms with van der Waals surface area (Å²) in [6.07, 6.45) is 2.64. The molecule has 1 saturated heterocycles. The van der Waals surface area contributed by atoms with Gasteiger partial charge in [-0.2, -0.15) is 0 Å². The van der Waals surface area contributed by atoms with Gasteiger partial charge in [-0.1, -0.05) is 6.42 Å². The second kappa shape index (κ2) is 2.05. The minimum atomic E-state index is -2.71. The second-order valence-corrected chi connectivity index (χ2v) is 4.10. The summed E-state index contributed by atoms with van der Waals surface area (Å²) in [5, 5.41) is 0. The average Bonchev–Trinajstić information content (AvgIpc) is 1.65. The van der Waals surface area contributed by atoms with E-state index < -0.39 is 9.84 Å². The first-order valence-corrected chi connectivity index (χ1v) is 4.48. The summed E-state index contributed by atoms with van der Waals surface area (Å²) in [5.74, 6) is 1.80. The van der Waals surface area contributed by atoms with E-state index in [0.29, 0.717) is 5.75 Å². The van der Waals surface area contributed by atoms with E-state index in [0.717, 1.165) is 19.3 Å². The van der Waals surface area contributed by atoms with Gasteiger partial charge in [-0.25, -0.2) is 8.42 Å². The van der Waals surface area contributed by atoms with E-state index in [1.807, 2.05) is 0 Å². The fourth-order valence-electron chi connectivity index (χ4n) is 0.794. The Hall–Kier alpha value is -0.0500. The van der Waals surface area contributed by atoms with Gasteiger partial charge in [-0.05, 0) is 12.8 Å². The maximum absolute atomic E-state index is 10.6. The molecule has 1 rings (SSSR count). The van der Waals surface area contributed by atoms with E-state index in [-0.39, 0.29) is 0 Å². The van der Waals surface area contributed by atoms with Crippen molar-refractivity contribution in [1.82, 2.24) is 0 Å². The van der Waals surface area contributed by atoms with Crippen molar-refractivity contribution in [3.63, 3.8) is 0 Å². The van der Waals surface area contributed by atoms with Gasteiger partial charge in [0, 0.05) is 0 Å². The van der Waals surface area contributed by atoms with Gasteiger partial charge in [0.05, 0.1) is 11.5 Å². The normalized spacial score (nSPS) is 27.5. The van der Waals surface area contributed by atoms with Crippen LogP contribution in [0, 0.1) is 5.75 Å². The quantitative estimate of drug-likeness (QED) is 0.488. The molecule has 1 aliphatic heterocycles. The van der Waals surface area contributed by atoms with Gasteiger partial charge in [0.1, 0.15) is 0 Å². The predicted molar refractivity (Wildman–Crippen MR) is 31.9 cm³/mol. The van der Waals surface area contributed by atoms with E-state index >= 15 is 0 Å². The number of hydrogen-bond acceptors (Lipinski definition) is 2. The third-order valence-electron chi connectivity index (χ3n) is 1.25. The SMILES string of the molecule is O=S1(=O)[CH]CCCC1. The molecule has 0 spiro atoms. The lowest BCUT2D eigenvalue weighted by molar-refractivity contribution is 0.585. The molecule has 0 atom stereocenters. The molecule has 0 saturated carbocycles. The van der Waals surface area contributed by atoms with Gasteiger partial charge >= 0.3 is 0 Å². The molecule has 0 amide bonds. The van der Waals surface area contributed by atoms with Crippen LogP contribution >= 0.6 is 0 Å². The first-order valence-electron chi connectivity index (χ1n) is 2.77. The molecule has 0 aliphatic carbocycles. The summed E-state index contributed by atoms with van der Waals surface area (Å²) in [6, 6.07) is 0. The Morgan fingerprint density at radius 2 is 2.00 bits per heavy atom. The van der Waals surface area contributed by atoms with E-state index in [1.165, 1.54) is 5.75 Å². The first kappa shape index (κ1) is 6.08. The first-order chi connectivity index (χ1) is 3.71. The van der Waals surface area contributed by atoms with Gasteiger partial charge < -0.3 is 0 Å². The smallest absolute Gasteiger partial charge is 0.154 e. The van der Waals surface area contributed by atoms with Gasteiger partial charge in [-0.3, -0.25) is 0 Å². The molecule has 1 heterocycles. The molecule has 0 aromatic rings. The van der Waals surface area contributed by atoms with Crippen LogP contribution in [0.5, 0.6) is 0 Å². The van der Waals surface area contributed by atoms with Crippen molar-refractivity contribution in [2.75, 3.05) is 5.75 Å². The van der Waals surface area contributed by atoms with E-state index in [4.69, 9.17) is 0 Å². The Morgan fingerprint density at radius 1 is 1.25 bits per heavy atom. The van der Waals surface area contributed by atoms with E-state index in [2.05, 4.69) is 0 Å². The molecule has 0 unspecified atom stereocenters. The zero-order valence-corrected chi connectivity index (χ0v) is 5.45. The predicted octanol–water partition coefficient (Wildman–Crippen LogP) is 0.747. The second-order valence-electron chi connectivity index (χ2n) is 2.03. The van der Waals surface area contributed by atoms with Crippen molar-refractivity contribution >= 4 is 9.84 Å². The molecule has 2 nitrogen and oxygen atoms in total. The largest absolute Gasteiger partial charge is 0.229 e. The third kappa shape index (κ3) is 1.47. The molecule has 3 heteroatoms. The summed E-state index contributed by atoms with van der Waals surface area (Å²) in [5.41, 5.74) is 0. The van der Waals surface area contributed by atoms with Crippen LogP contribution in [0.4, 0.5) is 0 Å². The minimum absolute atomic E-state index is 0.368. The van der Waals surface area contributed by atoms with Crippen LogP contribution in [0.15, 0.2) is 0 Å². The Morgan fingerprint density at radius 3 is 2.25 bits per heavy atom. The molecule has 0 N–H and O–H groups in total. The maximum Gasteiger partial charge on any atom is 0.154 e. The van der Waals surface area contributed by atoms with Gasteiger partial charge in [0.2, 0.25) is 0 Å². The monoisotopic (exact) mass is 133 g/mol. The molecule has 8 heavy (non-hydrogen) atoms. The molecular formula is C5H9O2S. The zero-order chi connectivity index (χ0) is 6.04. The fraction of sp³-hybridized carbons (Fsp3) is 0.800. The van der Waals surface area contributed by atoms with Crippen molar-refractivity contribution in [2.24, 2.45) is 0 Å². The van der Waals surface area contributed by atoms with Gasteiger partial charge in [0.25, 0.3) is 0 Å². The molecule has 0 bridgehead atoms. The lowest BCUT2D eigenvalue weighted by atomic mass is 10.3. The standard InChI is InChI=1S/C5H9O2S/c6-8(7)4-2-1-3-5-8/h4H,1-3,5H2. The highest BCUT2D eigenvalue weighted by Gasteiger charge is 2.14. The molecular weight excluding hydrogens is 124 g/mol. The Kier molecular flexibility index (Phi) is 1.56. The summed E-state index contributed by atoms with van der Waals surface area (Å²) >= 11 is 0. The molecule has 1 radical (unpaired) electrons. The van der Waals surface area contributed by atoms with Crippen LogP contribution in [0.2, 0.25) is 0 Å². The van der Waals surface area contributed by atoms with Gasteiger partial charge in [-0.15, -0.1) is 0 Å². The summed E-state index contributed by atoms with van der Waals surface area (Å²) < 4.78 is 21.2. The Bertz CT molecular complexity index is 145. The van der Waals surface area contributed by atoms with Gasteiger partial charge in [0.15, 0.2) is 9.84 Å². The lowest BCUT2D eigenvalue weighted by Crippen LogP contribution is -2.11. The van der Waals surface area contributed by atoms with Crippen LogP contribution in [-0.4, -0.2) is 14.2 Å². The van der Waals surface area contributed by atoms with Crippen LogP contribution < -0.4 is 0 Å². The summed E-state index contributed by atoms with van der Waals surface area (Å²) in [4.78, 5) is 0. The van der Waals surface area contributed by atoms with E-state index in [1.54, 1.807) is 0 Å². The molecule has 0 aromatic carbocycles.